The van der Waals surface area contributed by atoms with Gasteiger partial charge in [-0.25, -0.2) is 0 Å². The molecule has 1 aliphatic heterocycles. The van der Waals surface area contributed by atoms with E-state index in [1.165, 1.54) is 10.4 Å². The molecular weight excluding hydrogens is 346 g/mol. The van der Waals surface area contributed by atoms with Gasteiger partial charge in [0.15, 0.2) is 0 Å². The van der Waals surface area contributed by atoms with Crippen LogP contribution in [-0.2, 0) is 0 Å². The minimum atomic E-state index is -0.519. The van der Waals surface area contributed by atoms with Crippen molar-refractivity contribution >= 4 is 17.2 Å². The lowest BCUT2D eigenvalue weighted by atomic mass is 9.90. The van der Waals surface area contributed by atoms with Crippen LogP contribution in [0.3, 0.4) is 0 Å². The van der Waals surface area contributed by atoms with Crippen LogP contribution < -0.4 is 0 Å². The Kier molecular flexibility index (Phi) is 4.61. The third-order valence-electron chi connectivity index (χ3n) is 5.05. The summed E-state index contributed by atoms with van der Waals surface area (Å²) in [5.41, 5.74) is 3.79. The largest absolute Gasteiger partial charge is 0.391 e. The Bertz CT molecular complexity index is 886. The quantitative estimate of drug-likeness (QED) is 0.745. The number of aliphatic hydroxyl groups excluding tert-OH is 1. The summed E-state index contributed by atoms with van der Waals surface area (Å²) in [6.45, 7) is 3.13. The lowest BCUT2D eigenvalue weighted by molar-refractivity contribution is 0.0387. The number of rotatable bonds is 3. The molecular formula is C20H21N3O2S. The van der Waals surface area contributed by atoms with Crippen molar-refractivity contribution in [3.8, 4) is 11.3 Å². The van der Waals surface area contributed by atoms with E-state index in [1.54, 1.807) is 22.4 Å². The number of aryl methyl sites for hydroxylation is 1. The molecule has 2 N–H and O–H groups in total. The number of carbonyl (C=O) groups is 1. The van der Waals surface area contributed by atoms with Crippen molar-refractivity contribution < 1.29 is 9.90 Å². The van der Waals surface area contributed by atoms with Gasteiger partial charge in [-0.05, 0) is 54.1 Å². The van der Waals surface area contributed by atoms with Crippen LogP contribution in [-0.4, -0.2) is 45.3 Å². The van der Waals surface area contributed by atoms with Crippen LogP contribution in [0.1, 0.15) is 33.1 Å². The lowest BCUT2D eigenvalue weighted by Gasteiger charge is -2.36. The molecule has 0 radical (unpaired) electrons. The second kappa shape index (κ2) is 7.05. The van der Waals surface area contributed by atoms with Crippen LogP contribution in [0.5, 0.6) is 0 Å². The number of aliphatic hydroxyl groups is 1. The minimum absolute atomic E-state index is 0.0263. The van der Waals surface area contributed by atoms with E-state index in [-0.39, 0.29) is 11.8 Å². The van der Waals surface area contributed by atoms with Crippen molar-refractivity contribution in [3.05, 3.63) is 64.0 Å². The molecule has 26 heavy (non-hydrogen) atoms. The summed E-state index contributed by atoms with van der Waals surface area (Å²) in [5, 5.41) is 19.5. The number of nitrogens with zero attached hydrogens (tertiary/aromatic N) is 2. The molecule has 5 nitrogen and oxygen atoms in total. The van der Waals surface area contributed by atoms with Gasteiger partial charge in [0, 0.05) is 35.6 Å². The van der Waals surface area contributed by atoms with Crippen molar-refractivity contribution in [3.63, 3.8) is 0 Å². The molecule has 1 aromatic carbocycles. The van der Waals surface area contributed by atoms with Crippen molar-refractivity contribution in [2.45, 2.75) is 25.4 Å². The van der Waals surface area contributed by atoms with Gasteiger partial charge in [-0.15, -0.1) is 11.3 Å². The molecule has 1 saturated heterocycles. The van der Waals surface area contributed by atoms with Crippen LogP contribution in [0, 0.1) is 6.92 Å². The van der Waals surface area contributed by atoms with Crippen molar-refractivity contribution in [2.75, 3.05) is 13.1 Å². The molecule has 0 spiro atoms. The van der Waals surface area contributed by atoms with E-state index in [9.17, 15) is 9.90 Å². The third-order valence-corrected chi connectivity index (χ3v) is 6.20. The monoisotopic (exact) mass is 367 g/mol. The first kappa shape index (κ1) is 17.0. The van der Waals surface area contributed by atoms with E-state index in [0.717, 1.165) is 17.7 Å². The normalized spacial score (nSPS) is 20.3. The molecule has 4 rings (SSSR count). The van der Waals surface area contributed by atoms with E-state index in [4.69, 9.17) is 0 Å². The van der Waals surface area contributed by atoms with Crippen LogP contribution in [0.2, 0.25) is 0 Å². The van der Waals surface area contributed by atoms with Crippen LogP contribution in [0.4, 0.5) is 0 Å². The molecule has 0 saturated carbocycles. The molecule has 1 fully saturated rings. The van der Waals surface area contributed by atoms with Crippen molar-refractivity contribution in [1.29, 1.82) is 0 Å². The van der Waals surface area contributed by atoms with Gasteiger partial charge in [0.2, 0.25) is 0 Å². The topological polar surface area (TPSA) is 69.2 Å². The number of amides is 1. The predicted octanol–water partition coefficient (Wildman–Crippen LogP) is 3.44. The molecule has 134 valence electrons. The summed E-state index contributed by atoms with van der Waals surface area (Å²) >= 11 is 1.69. The second-order valence-corrected chi connectivity index (χ2v) is 7.68. The second-order valence-electron chi connectivity index (χ2n) is 6.73. The number of nitrogens with one attached hydrogen (secondary N) is 1. The van der Waals surface area contributed by atoms with Gasteiger partial charge in [0.1, 0.15) is 0 Å². The fourth-order valence-electron chi connectivity index (χ4n) is 3.58. The smallest absolute Gasteiger partial charge is 0.253 e. The summed E-state index contributed by atoms with van der Waals surface area (Å²) in [6, 6.07) is 11.5. The number of aromatic amines is 1. The van der Waals surface area contributed by atoms with Gasteiger partial charge >= 0.3 is 0 Å². The Balaban J connectivity index is 1.45. The van der Waals surface area contributed by atoms with Gasteiger partial charge in [0.25, 0.3) is 5.91 Å². The molecule has 0 unspecified atom stereocenters. The molecule has 0 bridgehead atoms. The zero-order valence-electron chi connectivity index (χ0n) is 14.6. The molecule has 3 aromatic rings. The molecule has 1 aliphatic rings. The number of likely N-dealkylation sites (tertiary alicyclic amines) is 1. The Hall–Kier alpha value is -2.44. The average Bonchev–Trinajstić information content (AvgIpc) is 3.33. The van der Waals surface area contributed by atoms with Crippen molar-refractivity contribution in [2.24, 2.45) is 0 Å². The van der Waals surface area contributed by atoms with Gasteiger partial charge in [-0.1, -0.05) is 12.1 Å². The standard InChI is InChI=1S/C20H21N3O2S/c1-13-8-11-26-19(13)16-7-10-23(12-18(16)24)20(25)15-4-2-14(3-5-15)17-6-9-21-22-17/h2-6,8-9,11,16,18,24H,7,10,12H2,1H3,(H,21,22)/t16-,18-/m1/s1. The fraction of sp³-hybridized carbons (Fsp3) is 0.300. The van der Waals surface area contributed by atoms with E-state index in [1.807, 2.05) is 30.3 Å². The number of β-amino-alcohol motifs (C(OH)–C–C–N with tert-alkyl or cyclic N) is 1. The number of thiophene rings is 1. The molecule has 2 atom stereocenters. The molecule has 0 aliphatic carbocycles. The zero-order chi connectivity index (χ0) is 18.1. The van der Waals surface area contributed by atoms with E-state index in [0.29, 0.717) is 18.7 Å². The fourth-order valence-corrected chi connectivity index (χ4v) is 4.70. The minimum Gasteiger partial charge on any atom is -0.391 e. The molecule has 3 heterocycles. The van der Waals surface area contributed by atoms with Crippen molar-refractivity contribution in [1.82, 2.24) is 15.1 Å². The van der Waals surface area contributed by atoms with E-state index in [2.05, 4.69) is 28.6 Å². The molecule has 2 aromatic heterocycles. The first-order chi connectivity index (χ1) is 12.6. The zero-order valence-corrected chi connectivity index (χ0v) is 15.4. The van der Waals surface area contributed by atoms with Crippen LogP contribution in [0.25, 0.3) is 11.3 Å². The number of aromatic nitrogens is 2. The maximum Gasteiger partial charge on any atom is 0.253 e. The Labute approximate surface area is 156 Å². The number of benzene rings is 1. The summed E-state index contributed by atoms with van der Waals surface area (Å²) in [4.78, 5) is 15.8. The molecule has 1 amide bonds. The highest BCUT2D eigenvalue weighted by atomic mass is 32.1. The van der Waals surface area contributed by atoms with Gasteiger partial charge in [-0.2, -0.15) is 5.10 Å². The highest BCUT2D eigenvalue weighted by Crippen LogP contribution is 2.34. The number of piperidine rings is 1. The molecule has 6 heteroatoms. The van der Waals surface area contributed by atoms with Crippen LogP contribution in [0.15, 0.2) is 48.0 Å². The highest BCUT2D eigenvalue weighted by molar-refractivity contribution is 7.10. The van der Waals surface area contributed by atoms with E-state index >= 15 is 0 Å². The maximum absolute atomic E-state index is 12.8. The highest BCUT2D eigenvalue weighted by Gasteiger charge is 2.32. The Morgan fingerprint density at radius 2 is 2.08 bits per heavy atom. The first-order valence-corrected chi connectivity index (χ1v) is 9.62. The van der Waals surface area contributed by atoms with Gasteiger partial charge in [0.05, 0.1) is 11.8 Å². The summed E-state index contributed by atoms with van der Waals surface area (Å²) in [7, 11) is 0. The number of hydrogen-bond donors (Lipinski definition) is 2. The average molecular weight is 367 g/mol. The first-order valence-electron chi connectivity index (χ1n) is 8.74. The van der Waals surface area contributed by atoms with E-state index < -0.39 is 6.10 Å². The lowest BCUT2D eigenvalue weighted by Crippen LogP contribution is -2.45. The predicted molar refractivity (Wildman–Crippen MR) is 102 cm³/mol. The summed E-state index contributed by atoms with van der Waals surface area (Å²) < 4.78 is 0. The number of H-pyrrole nitrogens is 1. The maximum atomic E-state index is 12.8. The van der Waals surface area contributed by atoms with Gasteiger partial charge < -0.3 is 10.0 Å². The number of hydrogen-bond acceptors (Lipinski definition) is 4. The Morgan fingerprint density at radius 3 is 2.69 bits per heavy atom. The number of carbonyl (C=O) groups excluding carboxylic acids is 1. The SMILES string of the molecule is Cc1ccsc1[C@@H]1CCN(C(=O)c2ccc(-c3ccn[nH]3)cc2)C[C@H]1O. The van der Waals surface area contributed by atoms with Gasteiger partial charge in [-0.3, -0.25) is 9.89 Å². The third kappa shape index (κ3) is 3.18. The van der Waals surface area contributed by atoms with Crippen LogP contribution >= 0.6 is 11.3 Å². The summed E-state index contributed by atoms with van der Waals surface area (Å²) in [5.74, 6) is 0.100. The Morgan fingerprint density at radius 1 is 1.27 bits per heavy atom. The summed E-state index contributed by atoms with van der Waals surface area (Å²) in [6.07, 6.45) is 1.98.